The van der Waals surface area contributed by atoms with Gasteiger partial charge in [-0.3, -0.25) is 14.0 Å². The minimum Gasteiger partial charge on any atom is -0.306 e. The van der Waals surface area contributed by atoms with Crippen LogP contribution < -0.4 is 11.0 Å². The van der Waals surface area contributed by atoms with Gasteiger partial charge in [-0.15, -0.1) is 0 Å². The molecule has 1 aromatic carbocycles. The van der Waals surface area contributed by atoms with Crippen molar-refractivity contribution in [2.24, 2.45) is 4.99 Å². The molecule has 0 fully saturated rings. The van der Waals surface area contributed by atoms with Crippen molar-refractivity contribution in [1.29, 1.82) is 5.26 Å². The molecule has 0 spiro atoms. The number of benzene rings is 1. The lowest BCUT2D eigenvalue weighted by atomic mass is 10.1. The Morgan fingerprint density at radius 1 is 1.10 bits per heavy atom. The highest BCUT2D eigenvalue weighted by atomic mass is 16.1. The van der Waals surface area contributed by atoms with Gasteiger partial charge in [-0.25, -0.2) is 4.98 Å². The van der Waals surface area contributed by atoms with Crippen molar-refractivity contribution in [1.82, 2.24) is 14.0 Å². The van der Waals surface area contributed by atoms with Gasteiger partial charge in [0.25, 0.3) is 11.5 Å². The molecule has 0 aliphatic carbocycles. The van der Waals surface area contributed by atoms with Crippen molar-refractivity contribution in [3.63, 3.8) is 0 Å². The number of nitrogens with zero attached hydrogens (tertiary/aromatic N) is 5. The van der Waals surface area contributed by atoms with Crippen molar-refractivity contribution >= 4 is 22.6 Å². The van der Waals surface area contributed by atoms with Crippen molar-refractivity contribution in [2.75, 3.05) is 0 Å². The average molecular weight is 411 g/mol. The number of amides is 1. The van der Waals surface area contributed by atoms with Gasteiger partial charge in [-0.2, -0.15) is 10.3 Å². The summed E-state index contributed by atoms with van der Waals surface area (Å²) < 4.78 is 3.16. The lowest BCUT2D eigenvalue weighted by Gasteiger charge is -2.17. The van der Waals surface area contributed by atoms with Crippen LogP contribution in [0.5, 0.6) is 0 Å². The highest BCUT2D eigenvalue weighted by Crippen LogP contribution is 2.16. The Bertz CT molecular complexity index is 1530. The summed E-state index contributed by atoms with van der Waals surface area (Å²) in [6, 6.07) is 14.2. The minimum atomic E-state index is -0.447. The lowest BCUT2D eigenvalue weighted by molar-refractivity contribution is 0.0996. The van der Waals surface area contributed by atoms with E-state index in [0.29, 0.717) is 22.2 Å². The number of rotatable bonds is 2. The second-order valence-electron chi connectivity index (χ2n) is 7.73. The summed E-state index contributed by atoms with van der Waals surface area (Å²) in [5.74, 6) is -0.447. The van der Waals surface area contributed by atoms with Crippen LogP contribution in [0.15, 0.2) is 58.4 Å². The summed E-state index contributed by atoms with van der Waals surface area (Å²) in [5.41, 5.74) is 3.09. The quantitative estimate of drug-likeness (QED) is 0.472. The van der Waals surface area contributed by atoms with Gasteiger partial charge < -0.3 is 4.57 Å². The molecule has 0 radical (unpaired) electrons. The topological polar surface area (TPSA) is 92.5 Å². The Hall–Kier alpha value is -4.05. The smallest absolute Gasteiger partial charge is 0.279 e. The first kappa shape index (κ1) is 20.2. The Balaban J connectivity index is 2.17. The molecule has 0 saturated heterocycles. The molecule has 0 bridgehead atoms. The molecule has 0 atom stereocenters. The van der Waals surface area contributed by atoms with E-state index in [4.69, 9.17) is 4.98 Å². The number of hydrogen-bond donors (Lipinski definition) is 0. The molecule has 0 saturated carbocycles. The highest BCUT2D eigenvalue weighted by Gasteiger charge is 2.18. The molecule has 154 valence electrons. The van der Waals surface area contributed by atoms with Crippen molar-refractivity contribution in [3.8, 4) is 6.07 Å². The Morgan fingerprint density at radius 2 is 1.81 bits per heavy atom. The van der Waals surface area contributed by atoms with Gasteiger partial charge in [0.05, 0.1) is 10.9 Å². The lowest BCUT2D eigenvalue weighted by Crippen LogP contribution is -2.30. The Labute approximate surface area is 178 Å². The Morgan fingerprint density at radius 3 is 2.48 bits per heavy atom. The van der Waals surface area contributed by atoms with Gasteiger partial charge in [-0.1, -0.05) is 24.3 Å². The van der Waals surface area contributed by atoms with Gasteiger partial charge in [0.2, 0.25) is 0 Å². The van der Waals surface area contributed by atoms with Crippen molar-refractivity contribution < 1.29 is 4.79 Å². The number of aryl methyl sites for hydroxylation is 2. The largest absolute Gasteiger partial charge is 0.306 e. The summed E-state index contributed by atoms with van der Waals surface area (Å²) in [5, 5.41) is 10.1. The number of carbonyl (C=O) groups is 1. The van der Waals surface area contributed by atoms with E-state index in [0.717, 1.165) is 11.1 Å². The van der Waals surface area contributed by atoms with Crippen LogP contribution in [-0.4, -0.2) is 19.9 Å². The molecule has 7 heteroatoms. The van der Waals surface area contributed by atoms with Crippen LogP contribution in [0.1, 0.15) is 46.9 Å². The molecule has 0 aliphatic heterocycles. The summed E-state index contributed by atoms with van der Waals surface area (Å²) in [4.78, 5) is 35.2. The third-order valence-corrected chi connectivity index (χ3v) is 5.27. The first-order valence-electron chi connectivity index (χ1n) is 9.95. The van der Waals surface area contributed by atoms with E-state index in [1.54, 1.807) is 29.0 Å². The first-order valence-corrected chi connectivity index (χ1v) is 9.95. The molecule has 0 N–H and O–H groups in total. The van der Waals surface area contributed by atoms with Crippen LogP contribution in [0.2, 0.25) is 0 Å². The van der Waals surface area contributed by atoms with Crippen LogP contribution in [0.4, 0.5) is 0 Å². The molecular weight excluding hydrogens is 390 g/mol. The summed E-state index contributed by atoms with van der Waals surface area (Å²) in [6.45, 7) is 7.52. The molecule has 3 heterocycles. The predicted molar refractivity (Wildman–Crippen MR) is 118 cm³/mol. The van der Waals surface area contributed by atoms with Gasteiger partial charge >= 0.3 is 0 Å². The number of fused-ring (bicyclic) bond motifs is 2. The van der Waals surface area contributed by atoms with Gasteiger partial charge in [0, 0.05) is 17.8 Å². The number of nitriles is 1. The highest BCUT2D eigenvalue weighted by molar-refractivity contribution is 5.96. The summed E-state index contributed by atoms with van der Waals surface area (Å²) >= 11 is 0. The third kappa shape index (κ3) is 3.32. The molecule has 4 aromatic rings. The van der Waals surface area contributed by atoms with E-state index in [1.807, 2.05) is 45.9 Å². The van der Waals surface area contributed by atoms with E-state index >= 15 is 0 Å². The van der Waals surface area contributed by atoms with E-state index in [2.05, 4.69) is 11.1 Å². The zero-order chi connectivity index (χ0) is 22.3. The SMILES string of the molecule is Cc1ccccc1C(=O)N=c1c(C#N)cc2c(=O)n3cccc(C)c3nc2n1C(C)C. The van der Waals surface area contributed by atoms with E-state index in [9.17, 15) is 14.9 Å². The summed E-state index contributed by atoms with van der Waals surface area (Å²) in [7, 11) is 0. The zero-order valence-electron chi connectivity index (χ0n) is 17.7. The van der Waals surface area contributed by atoms with Crippen molar-refractivity contribution in [3.05, 3.63) is 86.8 Å². The zero-order valence-corrected chi connectivity index (χ0v) is 17.7. The van der Waals surface area contributed by atoms with Crippen LogP contribution in [0.25, 0.3) is 16.7 Å². The first-order chi connectivity index (χ1) is 14.8. The monoisotopic (exact) mass is 411 g/mol. The third-order valence-electron chi connectivity index (χ3n) is 5.27. The summed E-state index contributed by atoms with van der Waals surface area (Å²) in [6.07, 6.45) is 1.66. The number of carbonyl (C=O) groups excluding carboxylic acids is 1. The van der Waals surface area contributed by atoms with E-state index < -0.39 is 5.91 Å². The number of aromatic nitrogens is 3. The molecule has 4 rings (SSSR count). The maximum absolute atomic E-state index is 13.2. The normalized spacial score (nSPS) is 11.9. The molecule has 3 aromatic heterocycles. The maximum Gasteiger partial charge on any atom is 0.279 e. The van der Waals surface area contributed by atoms with Crippen LogP contribution >= 0.6 is 0 Å². The predicted octanol–water partition coefficient (Wildman–Crippen LogP) is 3.46. The number of pyridine rings is 2. The number of hydrogen-bond acceptors (Lipinski definition) is 4. The molecular formula is C24H21N5O2. The van der Waals surface area contributed by atoms with Crippen molar-refractivity contribution in [2.45, 2.75) is 33.7 Å². The fourth-order valence-corrected chi connectivity index (χ4v) is 3.70. The fourth-order valence-electron chi connectivity index (χ4n) is 3.70. The van der Waals surface area contributed by atoms with Crippen LogP contribution in [-0.2, 0) is 0 Å². The maximum atomic E-state index is 13.2. The van der Waals surface area contributed by atoms with Gasteiger partial charge in [0.1, 0.15) is 17.4 Å². The fraction of sp³-hybridized carbons (Fsp3) is 0.208. The van der Waals surface area contributed by atoms with Gasteiger partial charge in [-0.05, 0) is 57.0 Å². The van der Waals surface area contributed by atoms with E-state index in [-0.39, 0.29) is 22.7 Å². The molecule has 31 heavy (non-hydrogen) atoms. The molecule has 1 amide bonds. The average Bonchev–Trinajstić information content (AvgIpc) is 2.74. The van der Waals surface area contributed by atoms with Crippen LogP contribution in [0, 0.1) is 25.2 Å². The van der Waals surface area contributed by atoms with Crippen LogP contribution in [0.3, 0.4) is 0 Å². The standard InChI is InChI=1S/C24H21N5O2/c1-14(2)29-21(27-23(30)18-10-6-5-8-15(18)3)17(13-25)12-19-22(29)26-20-16(4)9-7-11-28(20)24(19)31/h5-12,14H,1-4H3. The van der Waals surface area contributed by atoms with E-state index in [1.165, 1.54) is 10.5 Å². The molecule has 0 unspecified atom stereocenters. The molecule has 7 nitrogen and oxygen atoms in total. The van der Waals surface area contributed by atoms with Gasteiger partial charge in [0.15, 0.2) is 5.49 Å². The second-order valence-corrected chi connectivity index (χ2v) is 7.73. The Kier molecular flexibility index (Phi) is 4.99. The second kappa shape index (κ2) is 7.65. The minimum absolute atomic E-state index is 0.148. The molecule has 0 aliphatic rings.